The lowest BCUT2D eigenvalue weighted by molar-refractivity contribution is 0.230. The third kappa shape index (κ3) is 2.30. The Morgan fingerprint density at radius 1 is 1.21 bits per heavy atom. The van der Waals surface area contributed by atoms with Crippen LogP contribution in [0.4, 0.5) is 4.39 Å². The van der Waals surface area contributed by atoms with Gasteiger partial charge in [0.05, 0.1) is 0 Å². The molecule has 1 N–H and O–H groups in total. The molecular formula is C11H15FN2. The lowest BCUT2D eigenvalue weighted by Crippen LogP contribution is -2.43. The van der Waals surface area contributed by atoms with Crippen LogP contribution >= 0.6 is 0 Å². The van der Waals surface area contributed by atoms with Crippen molar-refractivity contribution >= 4 is 0 Å². The van der Waals surface area contributed by atoms with E-state index in [-0.39, 0.29) is 5.82 Å². The molecule has 1 saturated heterocycles. The summed E-state index contributed by atoms with van der Waals surface area (Å²) in [6.45, 7) is 4.76. The fraction of sp³-hybridized carbons (Fsp3) is 0.455. The van der Waals surface area contributed by atoms with Crippen LogP contribution in [-0.2, 0) is 6.54 Å². The summed E-state index contributed by atoms with van der Waals surface area (Å²) in [5.74, 6) is -0.0916. The predicted molar refractivity (Wildman–Crippen MR) is 54.5 cm³/mol. The quantitative estimate of drug-likeness (QED) is 0.761. The first-order chi connectivity index (χ1) is 6.86. The van der Waals surface area contributed by atoms with E-state index < -0.39 is 0 Å². The van der Waals surface area contributed by atoms with Crippen LogP contribution in [0.5, 0.6) is 0 Å². The van der Waals surface area contributed by atoms with Gasteiger partial charge in [0.1, 0.15) is 5.82 Å². The molecule has 0 aromatic heterocycles. The zero-order valence-corrected chi connectivity index (χ0v) is 8.17. The van der Waals surface area contributed by atoms with E-state index in [4.69, 9.17) is 0 Å². The third-order valence-electron chi connectivity index (χ3n) is 2.56. The lowest BCUT2D eigenvalue weighted by Gasteiger charge is -2.27. The Morgan fingerprint density at radius 3 is 2.64 bits per heavy atom. The maximum absolute atomic E-state index is 13.3. The maximum atomic E-state index is 13.3. The van der Waals surface area contributed by atoms with Gasteiger partial charge in [-0.1, -0.05) is 18.2 Å². The van der Waals surface area contributed by atoms with Crippen molar-refractivity contribution < 1.29 is 4.39 Å². The summed E-state index contributed by atoms with van der Waals surface area (Å²) in [6.07, 6.45) is 0. The summed E-state index contributed by atoms with van der Waals surface area (Å²) < 4.78 is 13.3. The van der Waals surface area contributed by atoms with Crippen molar-refractivity contribution in [1.29, 1.82) is 0 Å². The Labute approximate surface area is 83.7 Å². The Hall–Kier alpha value is -0.930. The van der Waals surface area contributed by atoms with Crippen molar-refractivity contribution in [2.24, 2.45) is 0 Å². The Kier molecular flexibility index (Phi) is 3.11. The third-order valence-corrected chi connectivity index (χ3v) is 2.56. The second-order valence-corrected chi connectivity index (χ2v) is 3.62. The zero-order valence-electron chi connectivity index (χ0n) is 8.17. The van der Waals surface area contributed by atoms with Crippen molar-refractivity contribution in [1.82, 2.24) is 10.2 Å². The van der Waals surface area contributed by atoms with E-state index in [0.29, 0.717) is 0 Å². The van der Waals surface area contributed by atoms with Gasteiger partial charge in [0, 0.05) is 38.3 Å². The van der Waals surface area contributed by atoms with Crippen LogP contribution in [0.15, 0.2) is 24.3 Å². The van der Waals surface area contributed by atoms with Gasteiger partial charge in [-0.3, -0.25) is 4.90 Å². The molecule has 76 valence electrons. The van der Waals surface area contributed by atoms with Crippen molar-refractivity contribution in [3.05, 3.63) is 35.6 Å². The molecule has 0 saturated carbocycles. The highest BCUT2D eigenvalue weighted by molar-refractivity contribution is 5.17. The van der Waals surface area contributed by atoms with E-state index in [9.17, 15) is 4.39 Å². The fourth-order valence-corrected chi connectivity index (χ4v) is 1.74. The monoisotopic (exact) mass is 194 g/mol. The van der Waals surface area contributed by atoms with Gasteiger partial charge >= 0.3 is 0 Å². The Morgan fingerprint density at radius 2 is 1.93 bits per heavy atom. The summed E-state index contributed by atoms with van der Waals surface area (Å²) in [6, 6.07) is 7.01. The number of piperazine rings is 1. The van der Waals surface area contributed by atoms with Gasteiger partial charge in [-0.15, -0.1) is 0 Å². The molecule has 1 aliphatic rings. The highest BCUT2D eigenvalue weighted by atomic mass is 19.1. The number of halogens is 1. The van der Waals surface area contributed by atoms with Crippen molar-refractivity contribution in [3.63, 3.8) is 0 Å². The molecule has 0 spiro atoms. The number of hydrogen-bond donors (Lipinski definition) is 1. The minimum Gasteiger partial charge on any atom is -0.314 e. The largest absolute Gasteiger partial charge is 0.314 e. The molecule has 0 bridgehead atoms. The fourth-order valence-electron chi connectivity index (χ4n) is 1.74. The predicted octanol–water partition coefficient (Wildman–Crippen LogP) is 1.23. The number of rotatable bonds is 2. The SMILES string of the molecule is Fc1ccccc1CN1CCNCC1. The van der Waals surface area contributed by atoms with Crippen molar-refractivity contribution in [3.8, 4) is 0 Å². The van der Waals surface area contributed by atoms with Crippen molar-refractivity contribution in [2.45, 2.75) is 6.54 Å². The van der Waals surface area contributed by atoms with Crippen LogP contribution in [0, 0.1) is 5.82 Å². The summed E-state index contributed by atoms with van der Waals surface area (Å²) in [4.78, 5) is 2.27. The van der Waals surface area contributed by atoms with Gasteiger partial charge in [-0.2, -0.15) is 0 Å². The number of nitrogens with one attached hydrogen (secondary N) is 1. The molecule has 14 heavy (non-hydrogen) atoms. The smallest absolute Gasteiger partial charge is 0.127 e. The summed E-state index contributed by atoms with van der Waals surface area (Å²) in [5, 5.41) is 3.28. The highest BCUT2D eigenvalue weighted by Crippen LogP contribution is 2.09. The van der Waals surface area contributed by atoms with Crippen LogP contribution < -0.4 is 5.32 Å². The molecule has 2 nitrogen and oxygen atoms in total. The van der Waals surface area contributed by atoms with Gasteiger partial charge < -0.3 is 5.32 Å². The molecule has 3 heteroatoms. The molecule has 1 fully saturated rings. The summed E-state index contributed by atoms with van der Waals surface area (Å²) in [7, 11) is 0. The molecule has 1 heterocycles. The van der Waals surface area contributed by atoms with Crippen LogP contribution in [0.1, 0.15) is 5.56 Å². The van der Waals surface area contributed by atoms with Gasteiger partial charge in [-0.25, -0.2) is 4.39 Å². The summed E-state index contributed by atoms with van der Waals surface area (Å²) >= 11 is 0. The van der Waals surface area contributed by atoms with Gasteiger partial charge in [0.2, 0.25) is 0 Å². The molecule has 1 aliphatic heterocycles. The minimum absolute atomic E-state index is 0.0916. The molecule has 0 atom stereocenters. The van der Waals surface area contributed by atoms with E-state index in [1.54, 1.807) is 6.07 Å². The molecule has 2 rings (SSSR count). The first-order valence-electron chi connectivity index (χ1n) is 5.03. The van der Waals surface area contributed by atoms with Crippen LogP contribution in [0.3, 0.4) is 0 Å². The maximum Gasteiger partial charge on any atom is 0.127 e. The molecule has 1 aromatic rings. The highest BCUT2D eigenvalue weighted by Gasteiger charge is 2.11. The van der Waals surface area contributed by atoms with E-state index in [1.165, 1.54) is 6.07 Å². The van der Waals surface area contributed by atoms with Gasteiger partial charge in [-0.05, 0) is 6.07 Å². The second kappa shape index (κ2) is 4.53. The Balaban J connectivity index is 1.99. The Bertz CT molecular complexity index is 295. The number of nitrogens with zero attached hydrogens (tertiary/aromatic N) is 1. The van der Waals surface area contributed by atoms with E-state index in [1.807, 2.05) is 12.1 Å². The average Bonchev–Trinajstić information content (AvgIpc) is 2.23. The minimum atomic E-state index is -0.0916. The molecule has 0 unspecified atom stereocenters. The molecule has 0 radical (unpaired) electrons. The van der Waals surface area contributed by atoms with E-state index >= 15 is 0 Å². The van der Waals surface area contributed by atoms with E-state index in [0.717, 1.165) is 38.3 Å². The number of hydrogen-bond acceptors (Lipinski definition) is 2. The lowest BCUT2D eigenvalue weighted by atomic mass is 10.2. The zero-order chi connectivity index (χ0) is 9.80. The standard InChI is InChI=1S/C11H15FN2/c12-11-4-2-1-3-10(11)9-14-7-5-13-6-8-14/h1-4,13H,5-9H2. The molecule has 0 aliphatic carbocycles. The van der Waals surface area contributed by atoms with Crippen molar-refractivity contribution in [2.75, 3.05) is 26.2 Å². The average molecular weight is 194 g/mol. The van der Waals surface area contributed by atoms with E-state index in [2.05, 4.69) is 10.2 Å². The molecule has 0 amide bonds. The molecule has 1 aromatic carbocycles. The second-order valence-electron chi connectivity index (χ2n) is 3.62. The van der Waals surface area contributed by atoms with Gasteiger partial charge in [0.25, 0.3) is 0 Å². The molecular weight excluding hydrogens is 179 g/mol. The van der Waals surface area contributed by atoms with Crippen LogP contribution in [0.2, 0.25) is 0 Å². The van der Waals surface area contributed by atoms with Crippen LogP contribution in [-0.4, -0.2) is 31.1 Å². The normalized spacial score (nSPS) is 18.4. The van der Waals surface area contributed by atoms with Gasteiger partial charge in [0.15, 0.2) is 0 Å². The topological polar surface area (TPSA) is 15.3 Å². The van der Waals surface area contributed by atoms with Crippen LogP contribution in [0.25, 0.3) is 0 Å². The first-order valence-corrected chi connectivity index (χ1v) is 5.03. The number of benzene rings is 1. The first kappa shape index (κ1) is 9.62. The summed E-state index contributed by atoms with van der Waals surface area (Å²) in [5.41, 5.74) is 0.800.